The average Bonchev–Trinajstić information content (AvgIpc) is 2.50. The Labute approximate surface area is 136 Å². The van der Waals surface area contributed by atoms with Crippen molar-refractivity contribution < 1.29 is 8.42 Å². The highest BCUT2D eigenvalue weighted by atomic mass is 35.5. The molecule has 0 saturated carbocycles. The van der Waals surface area contributed by atoms with Crippen molar-refractivity contribution in [1.29, 1.82) is 0 Å². The Hall–Kier alpha value is -1.79. The summed E-state index contributed by atoms with van der Waals surface area (Å²) in [6.45, 7) is 5.96. The fraction of sp³-hybridized carbons (Fsp3) is 0.267. The van der Waals surface area contributed by atoms with Crippen LogP contribution in [0.4, 0.5) is 11.4 Å². The van der Waals surface area contributed by atoms with Crippen LogP contribution in [0.1, 0.15) is 13.8 Å². The summed E-state index contributed by atoms with van der Waals surface area (Å²) >= 11 is 5.67. The first-order chi connectivity index (χ1) is 10.5. The maximum absolute atomic E-state index is 12.2. The van der Waals surface area contributed by atoms with Crippen molar-refractivity contribution in [3.05, 3.63) is 47.7 Å². The number of anilines is 2. The van der Waals surface area contributed by atoms with E-state index in [9.17, 15) is 8.42 Å². The third kappa shape index (κ3) is 3.90. The van der Waals surface area contributed by atoms with Crippen LogP contribution in [0.25, 0.3) is 0 Å². The molecule has 0 bridgehead atoms. The van der Waals surface area contributed by atoms with Gasteiger partial charge in [0.25, 0.3) is 10.0 Å². The molecule has 0 saturated heterocycles. The molecular weight excluding hydrogens is 322 g/mol. The number of aromatic nitrogens is 1. The van der Waals surface area contributed by atoms with E-state index in [0.29, 0.717) is 5.69 Å². The zero-order chi connectivity index (χ0) is 16.2. The summed E-state index contributed by atoms with van der Waals surface area (Å²) < 4.78 is 27.0. The summed E-state index contributed by atoms with van der Waals surface area (Å²) in [4.78, 5) is 6.04. The maximum Gasteiger partial charge on any atom is 0.263 e. The van der Waals surface area contributed by atoms with Gasteiger partial charge in [-0.15, -0.1) is 0 Å². The first-order valence-electron chi connectivity index (χ1n) is 6.95. The zero-order valence-corrected chi connectivity index (χ0v) is 14.0. The van der Waals surface area contributed by atoms with Gasteiger partial charge in [0.15, 0.2) is 0 Å². The van der Waals surface area contributed by atoms with E-state index >= 15 is 0 Å². The lowest BCUT2D eigenvalue weighted by Gasteiger charge is -2.21. The average molecular weight is 340 g/mol. The lowest BCUT2D eigenvalue weighted by Crippen LogP contribution is -2.21. The third-order valence-corrected chi connectivity index (χ3v) is 4.85. The fourth-order valence-corrected chi connectivity index (χ4v) is 3.18. The van der Waals surface area contributed by atoms with Crippen molar-refractivity contribution in [3.8, 4) is 0 Å². The first-order valence-corrected chi connectivity index (χ1v) is 8.81. The number of nitrogens with zero attached hydrogens (tertiary/aromatic N) is 2. The zero-order valence-electron chi connectivity index (χ0n) is 12.5. The highest BCUT2D eigenvalue weighted by molar-refractivity contribution is 7.92. The number of hydrogen-bond acceptors (Lipinski definition) is 4. The van der Waals surface area contributed by atoms with Crippen LogP contribution in [-0.4, -0.2) is 26.5 Å². The van der Waals surface area contributed by atoms with Crippen LogP contribution in [-0.2, 0) is 10.0 Å². The van der Waals surface area contributed by atoms with Crippen molar-refractivity contribution >= 4 is 33.0 Å². The van der Waals surface area contributed by atoms with Crippen molar-refractivity contribution in [3.63, 3.8) is 0 Å². The minimum absolute atomic E-state index is 0.0738. The number of halogens is 1. The van der Waals surface area contributed by atoms with Crippen LogP contribution < -0.4 is 9.62 Å². The third-order valence-electron chi connectivity index (χ3n) is 3.26. The monoisotopic (exact) mass is 339 g/mol. The van der Waals surface area contributed by atoms with E-state index in [1.165, 1.54) is 18.3 Å². The predicted octanol–water partition coefficient (Wildman–Crippen LogP) is 3.38. The predicted molar refractivity (Wildman–Crippen MR) is 90.1 cm³/mol. The summed E-state index contributed by atoms with van der Waals surface area (Å²) in [6, 6.07) is 10.1. The van der Waals surface area contributed by atoms with Crippen molar-refractivity contribution in [2.24, 2.45) is 0 Å². The second kappa shape index (κ2) is 6.98. The standard InChI is InChI=1S/C15H18ClN3O2S/c1-3-19(4-2)13-7-5-12(6-8-13)18-22(20,21)14-9-10-15(16)17-11-14/h5-11,18H,3-4H2,1-2H3. The molecule has 0 spiro atoms. The SMILES string of the molecule is CCN(CC)c1ccc(NS(=O)(=O)c2ccc(Cl)nc2)cc1. The Balaban J connectivity index is 2.18. The van der Waals surface area contributed by atoms with Gasteiger partial charge in [-0.05, 0) is 50.2 Å². The molecule has 0 aliphatic rings. The van der Waals surface area contributed by atoms with Crippen LogP contribution in [0, 0.1) is 0 Å². The quantitative estimate of drug-likeness (QED) is 0.819. The number of rotatable bonds is 6. The van der Waals surface area contributed by atoms with Gasteiger partial charge < -0.3 is 4.90 Å². The van der Waals surface area contributed by atoms with Crippen molar-refractivity contribution in [2.75, 3.05) is 22.7 Å². The molecule has 0 atom stereocenters. The van der Waals surface area contributed by atoms with Gasteiger partial charge in [0.2, 0.25) is 0 Å². The summed E-state index contributed by atoms with van der Waals surface area (Å²) in [7, 11) is -3.66. The van der Waals surface area contributed by atoms with Gasteiger partial charge in [-0.2, -0.15) is 0 Å². The van der Waals surface area contributed by atoms with Gasteiger partial charge in [0.05, 0.1) is 0 Å². The van der Waals surface area contributed by atoms with Gasteiger partial charge in [-0.3, -0.25) is 4.72 Å². The fourth-order valence-electron chi connectivity index (χ4n) is 2.06. The smallest absolute Gasteiger partial charge is 0.263 e. The highest BCUT2D eigenvalue weighted by Gasteiger charge is 2.14. The van der Waals surface area contributed by atoms with Gasteiger partial charge in [-0.1, -0.05) is 11.6 Å². The molecule has 1 N–H and O–H groups in total. The number of sulfonamides is 1. The molecule has 2 rings (SSSR count). The van der Waals surface area contributed by atoms with E-state index in [0.717, 1.165) is 18.8 Å². The van der Waals surface area contributed by atoms with Crippen molar-refractivity contribution in [1.82, 2.24) is 4.98 Å². The van der Waals surface area contributed by atoms with Crippen LogP contribution in [0.15, 0.2) is 47.5 Å². The lowest BCUT2D eigenvalue weighted by molar-refractivity contribution is 0.601. The normalized spacial score (nSPS) is 11.2. The molecule has 2 aromatic rings. The molecule has 7 heteroatoms. The Kier molecular flexibility index (Phi) is 5.26. The summed E-state index contributed by atoms with van der Waals surface area (Å²) in [5.41, 5.74) is 1.56. The lowest BCUT2D eigenvalue weighted by atomic mass is 10.2. The van der Waals surface area contributed by atoms with Gasteiger partial charge in [0, 0.05) is 30.7 Å². The maximum atomic E-state index is 12.2. The molecule has 22 heavy (non-hydrogen) atoms. The van der Waals surface area contributed by atoms with Gasteiger partial charge >= 0.3 is 0 Å². The van der Waals surface area contributed by atoms with Crippen LogP contribution in [0.5, 0.6) is 0 Å². The van der Waals surface area contributed by atoms with E-state index in [1.807, 2.05) is 12.1 Å². The van der Waals surface area contributed by atoms with E-state index in [4.69, 9.17) is 11.6 Å². The molecule has 5 nitrogen and oxygen atoms in total. The molecular formula is C15H18ClN3O2S. The minimum Gasteiger partial charge on any atom is -0.372 e. The van der Waals surface area contributed by atoms with Crippen molar-refractivity contribution in [2.45, 2.75) is 18.7 Å². The van der Waals surface area contributed by atoms with Crippen LogP contribution in [0.2, 0.25) is 5.15 Å². The molecule has 0 amide bonds. The minimum atomic E-state index is -3.66. The Morgan fingerprint density at radius 1 is 1.09 bits per heavy atom. The van der Waals surface area contributed by atoms with E-state index in [2.05, 4.69) is 28.5 Å². The Morgan fingerprint density at radius 2 is 1.73 bits per heavy atom. The molecule has 1 aromatic carbocycles. The molecule has 0 radical (unpaired) electrons. The summed E-state index contributed by atoms with van der Waals surface area (Å²) in [6.07, 6.45) is 1.23. The number of hydrogen-bond donors (Lipinski definition) is 1. The number of nitrogens with one attached hydrogen (secondary N) is 1. The largest absolute Gasteiger partial charge is 0.372 e. The molecule has 0 fully saturated rings. The van der Waals surface area contributed by atoms with Crippen LogP contribution in [0.3, 0.4) is 0 Å². The van der Waals surface area contributed by atoms with E-state index < -0.39 is 10.0 Å². The summed E-state index contributed by atoms with van der Waals surface area (Å²) in [5, 5.41) is 0.252. The molecule has 0 unspecified atom stereocenters. The molecule has 0 aliphatic carbocycles. The Bertz CT molecular complexity index is 711. The highest BCUT2D eigenvalue weighted by Crippen LogP contribution is 2.20. The summed E-state index contributed by atoms with van der Waals surface area (Å²) in [5.74, 6) is 0. The number of pyridine rings is 1. The second-order valence-electron chi connectivity index (χ2n) is 4.64. The molecule has 1 aromatic heterocycles. The van der Waals surface area contributed by atoms with Gasteiger partial charge in [-0.25, -0.2) is 13.4 Å². The molecule has 118 valence electrons. The molecule has 0 aliphatic heterocycles. The second-order valence-corrected chi connectivity index (χ2v) is 6.71. The first kappa shape index (κ1) is 16.6. The Morgan fingerprint density at radius 3 is 2.23 bits per heavy atom. The van der Waals surface area contributed by atoms with E-state index in [1.54, 1.807) is 12.1 Å². The topological polar surface area (TPSA) is 62.3 Å². The van der Waals surface area contributed by atoms with Crippen LogP contribution >= 0.6 is 11.6 Å². The van der Waals surface area contributed by atoms with E-state index in [-0.39, 0.29) is 10.0 Å². The molecule has 1 heterocycles. The van der Waals surface area contributed by atoms with Gasteiger partial charge in [0.1, 0.15) is 10.0 Å². The number of benzene rings is 1.